The predicted molar refractivity (Wildman–Crippen MR) is 73.8 cm³/mol. The Balaban J connectivity index is 2.86. The average molecular weight is 265 g/mol. The number of benzene rings is 1. The first-order chi connectivity index (χ1) is 8.55. The number of nitrogens with two attached hydrogens (primary N) is 1. The largest absolute Gasteiger partial charge is 0.326 e. The number of nitrogens with zero attached hydrogens (tertiary/aromatic N) is 1. The Hall–Kier alpha value is -1.95. The Morgan fingerprint density at radius 2 is 1.68 bits per heavy atom. The average Bonchev–Trinajstić information content (AvgIpc) is 2.28. The van der Waals surface area contributed by atoms with E-state index < -0.39 is 15.9 Å². The lowest BCUT2D eigenvalue weighted by Gasteiger charge is -2.36. The monoisotopic (exact) mass is 265 g/mol. The molecule has 1 aromatic rings. The molecule has 0 radical (unpaired) electrons. The summed E-state index contributed by atoms with van der Waals surface area (Å²) in [6.07, 6.45) is 0. The van der Waals surface area contributed by atoms with E-state index in [-0.39, 0.29) is 11.6 Å². The Bertz CT molecular complexity index is 487. The van der Waals surface area contributed by atoms with Crippen LogP contribution in [-0.2, 0) is 4.79 Å². The third kappa shape index (κ3) is 3.29. The van der Waals surface area contributed by atoms with Gasteiger partial charge in [0.1, 0.15) is 0 Å². The van der Waals surface area contributed by atoms with Crippen LogP contribution < -0.4 is 11.1 Å². The van der Waals surface area contributed by atoms with Crippen molar-refractivity contribution in [1.82, 2.24) is 0 Å². The van der Waals surface area contributed by atoms with Crippen molar-refractivity contribution in [3.63, 3.8) is 0 Å². The summed E-state index contributed by atoms with van der Waals surface area (Å²) in [6.45, 7) is 7.08. The first kappa shape index (κ1) is 15.1. The molecule has 6 nitrogen and oxygen atoms in total. The van der Waals surface area contributed by atoms with E-state index in [1.54, 1.807) is 27.7 Å². The maximum atomic E-state index is 12.2. The number of hydrogen-bond acceptors (Lipinski definition) is 4. The molecule has 1 aromatic carbocycles. The smallest absolute Gasteiger partial charge is 0.269 e. The molecule has 0 aliphatic carbocycles. The summed E-state index contributed by atoms with van der Waals surface area (Å²) < 4.78 is 0. The molecule has 104 valence electrons. The maximum Gasteiger partial charge on any atom is 0.269 e. The first-order valence-electron chi connectivity index (χ1n) is 5.90. The van der Waals surface area contributed by atoms with Gasteiger partial charge in [-0.3, -0.25) is 14.9 Å². The van der Waals surface area contributed by atoms with Gasteiger partial charge in [-0.05, 0) is 39.8 Å². The van der Waals surface area contributed by atoms with Gasteiger partial charge in [-0.2, -0.15) is 0 Å². The lowest BCUT2D eigenvalue weighted by atomic mass is 9.74. The molecule has 0 spiro atoms. The summed E-state index contributed by atoms with van der Waals surface area (Å²) in [5, 5.41) is 13.2. The van der Waals surface area contributed by atoms with Gasteiger partial charge in [0, 0.05) is 23.4 Å². The van der Waals surface area contributed by atoms with Gasteiger partial charge >= 0.3 is 0 Å². The lowest BCUT2D eigenvalue weighted by Crippen LogP contribution is -2.53. The number of anilines is 1. The second kappa shape index (κ2) is 4.97. The highest BCUT2D eigenvalue weighted by molar-refractivity contribution is 5.95. The van der Waals surface area contributed by atoms with Crippen molar-refractivity contribution >= 4 is 17.3 Å². The van der Waals surface area contributed by atoms with Gasteiger partial charge in [0.25, 0.3) is 5.69 Å². The Morgan fingerprint density at radius 3 is 2.05 bits per heavy atom. The third-order valence-electron chi connectivity index (χ3n) is 3.51. The normalized spacial score (nSPS) is 12.1. The predicted octanol–water partition coefficient (Wildman–Crippen LogP) is 2.30. The van der Waals surface area contributed by atoms with E-state index in [9.17, 15) is 14.9 Å². The van der Waals surface area contributed by atoms with Crippen molar-refractivity contribution in [2.45, 2.75) is 33.2 Å². The highest BCUT2D eigenvalue weighted by Gasteiger charge is 2.40. The van der Waals surface area contributed by atoms with Crippen molar-refractivity contribution in [2.24, 2.45) is 11.1 Å². The number of nitro benzene ring substituents is 1. The van der Waals surface area contributed by atoms with Crippen molar-refractivity contribution in [3.05, 3.63) is 34.4 Å². The van der Waals surface area contributed by atoms with Gasteiger partial charge < -0.3 is 11.1 Å². The molecule has 6 heteroatoms. The second-order valence-corrected chi connectivity index (χ2v) is 5.60. The molecule has 0 atom stereocenters. The van der Waals surface area contributed by atoms with Crippen LogP contribution in [-0.4, -0.2) is 16.4 Å². The van der Waals surface area contributed by atoms with Crippen LogP contribution >= 0.6 is 0 Å². The van der Waals surface area contributed by atoms with Crippen molar-refractivity contribution < 1.29 is 9.72 Å². The highest BCUT2D eigenvalue weighted by Crippen LogP contribution is 2.30. The first-order valence-corrected chi connectivity index (χ1v) is 5.90. The number of non-ortho nitro benzene ring substituents is 1. The molecule has 0 aliphatic rings. The molecule has 3 N–H and O–H groups in total. The minimum absolute atomic E-state index is 0.0172. The van der Waals surface area contributed by atoms with E-state index in [0.29, 0.717) is 5.69 Å². The molecular weight excluding hydrogens is 246 g/mol. The van der Waals surface area contributed by atoms with E-state index in [1.807, 2.05) is 0 Å². The SMILES string of the molecule is CC(C)(N)C(C)(C)C(=O)Nc1ccc([N+](=O)[O-])cc1. The number of nitrogens with one attached hydrogen (secondary N) is 1. The van der Waals surface area contributed by atoms with E-state index in [1.165, 1.54) is 24.3 Å². The maximum absolute atomic E-state index is 12.2. The third-order valence-corrected chi connectivity index (χ3v) is 3.51. The number of hydrogen-bond donors (Lipinski definition) is 2. The Morgan fingerprint density at radius 1 is 1.21 bits per heavy atom. The Kier molecular flexibility index (Phi) is 3.95. The summed E-state index contributed by atoms with van der Waals surface area (Å²) in [5.41, 5.74) is 5.02. The van der Waals surface area contributed by atoms with E-state index in [0.717, 1.165) is 0 Å². The number of carbonyl (C=O) groups excluding carboxylic acids is 1. The van der Waals surface area contributed by atoms with Crippen LogP contribution in [0.5, 0.6) is 0 Å². The van der Waals surface area contributed by atoms with Gasteiger partial charge in [-0.1, -0.05) is 0 Å². The summed E-state index contributed by atoms with van der Waals surface area (Å²) in [5.74, 6) is -0.228. The van der Waals surface area contributed by atoms with Crippen molar-refractivity contribution in [3.8, 4) is 0 Å². The molecule has 0 aliphatic heterocycles. The fourth-order valence-electron chi connectivity index (χ4n) is 1.25. The Labute approximate surface area is 112 Å². The fourth-order valence-corrected chi connectivity index (χ4v) is 1.25. The molecule has 0 heterocycles. The highest BCUT2D eigenvalue weighted by atomic mass is 16.6. The van der Waals surface area contributed by atoms with Gasteiger partial charge in [0.05, 0.1) is 10.3 Å². The van der Waals surface area contributed by atoms with Crippen LogP contribution in [0.2, 0.25) is 0 Å². The number of amides is 1. The van der Waals surface area contributed by atoms with Gasteiger partial charge in [-0.25, -0.2) is 0 Å². The van der Waals surface area contributed by atoms with E-state index >= 15 is 0 Å². The zero-order valence-electron chi connectivity index (χ0n) is 11.6. The number of rotatable bonds is 4. The minimum Gasteiger partial charge on any atom is -0.326 e. The zero-order chi connectivity index (χ0) is 14.8. The summed E-state index contributed by atoms with van der Waals surface area (Å²) in [6, 6.07) is 5.68. The summed E-state index contributed by atoms with van der Waals surface area (Å²) >= 11 is 0. The van der Waals surface area contributed by atoms with Crippen molar-refractivity contribution in [1.29, 1.82) is 0 Å². The van der Waals surface area contributed by atoms with Crippen LogP contribution in [0, 0.1) is 15.5 Å². The number of carbonyl (C=O) groups is 1. The van der Waals surface area contributed by atoms with Crippen LogP contribution in [0.15, 0.2) is 24.3 Å². The zero-order valence-corrected chi connectivity index (χ0v) is 11.6. The molecular formula is C13H19N3O3. The van der Waals surface area contributed by atoms with Crippen LogP contribution in [0.3, 0.4) is 0 Å². The van der Waals surface area contributed by atoms with Gasteiger partial charge in [0.15, 0.2) is 0 Å². The quantitative estimate of drug-likeness (QED) is 0.644. The molecule has 0 saturated heterocycles. The van der Waals surface area contributed by atoms with Crippen LogP contribution in [0.25, 0.3) is 0 Å². The molecule has 19 heavy (non-hydrogen) atoms. The summed E-state index contributed by atoms with van der Waals surface area (Å²) in [7, 11) is 0. The molecule has 1 amide bonds. The molecule has 0 bridgehead atoms. The van der Waals surface area contributed by atoms with Crippen LogP contribution in [0.4, 0.5) is 11.4 Å². The van der Waals surface area contributed by atoms with Crippen LogP contribution in [0.1, 0.15) is 27.7 Å². The molecule has 0 saturated carbocycles. The standard InChI is InChI=1S/C13H19N3O3/c1-12(2,13(3,4)14)11(17)15-9-5-7-10(8-6-9)16(18)19/h5-8H,14H2,1-4H3,(H,15,17). The molecule has 0 fully saturated rings. The lowest BCUT2D eigenvalue weighted by molar-refractivity contribution is -0.384. The summed E-state index contributed by atoms with van der Waals surface area (Å²) in [4.78, 5) is 22.2. The topological polar surface area (TPSA) is 98.3 Å². The molecule has 0 aromatic heterocycles. The minimum atomic E-state index is -0.769. The van der Waals surface area contributed by atoms with E-state index in [2.05, 4.69) is 5.32 Å². The molecule has 1 rings (SSSR count). The second-order valence-electron chi connectivity index (χ2n) is 5.60. The van der Waals surface area contributed by atoms with Gasteiger partial charge in [0.2, 0.25) is 5.91 Å². The molecule has 0 unspecified atom stereocenters. The van der Waals surface area contributed by atoms with Crippen molar-refractivity contribution in [2.75, 3.05) is 5.32 Å². The van der Waals surface area contributed by atoms with E-state index in [4.69, 9.17) is 5.73 Å². The number of nitro groups is 1. The fraction of sp³-hybridized carbons (Fsp3) is 0.462. The van der Waals surface area contributed by atoms with Gasteiger partial charge in [-0.15, -0.1) is 0 Å².